The quantitative estimate of drug-likeness (QED) is 0.830. The first-order chi connectivity index (χ1) is 11.4. The molecule has 2 heterocycles. The molecule has 126 valence electrons. The number of carbonyl (C=O) groups is 1. The van der Waals surface area contributed by atoms with Gasteiger partial charge in [0.05, 0.1) is 24.0 Å². The first-order valence-corrected chi connectivity index (χ1v) is 7.47. The minimum atomic E-state index is -0.451. The zero-order chi connectivity index (χ0) is 17.6. The largest absolute Gasteiger partial charge is 0.465 e. The first kappa shape index (κ1) is 15.9. The van der Waals surface area contributed by atoms with Crippen LogP contribution in [0.1, 0.15) is 17.3 Å². The number of aromatic nitrogens is 2. The highest BCUT2D eigenvalue weighted by molar-refractivity contribution is 5.96. The minimum absolute atomic E-state index is 0.372. The Balaban J connectivity index is 2.29. The van der Waals surface area contributed by atoms with Crippen LogP contribution in [-0.4, -0.2) is 28.8 Å². The summed E-state index contributed by atoms with van der Waals surface area (Å²) < 4.78 is 7.22. The van der Waals surface area contributed by atoms with Crippen molar-refractivity contribution in [2.24, 2.45) is 14.1 Å². The van der Waals surface area contributed by atoms with Crippen LogP contribution in [0.25, 0.3) is 0 Å². The van der Waals surface area contributed by atoms with Gasteiger partial charge in [-0.25, -0.2) is 9.59 Å². The number of esters is 1. The molecule has 0 spiro atoms. The Morgan fingerprint density at radius 3 is 2.54 bits per heavy atom. The fourth-order valence-electron chi connectivity index (χ4n) is 2.89. The predicted octanol–water partition coefficient (Wildman–Crippen LogP) is 1.09. The Labute approximate surface area is 137 Å². The van der Waals surface area contributed by atoms with Crippen molar-refractivity contribution in [2.75, 3.05) is 23.9 Å². The van der Waals surface area contributed by atoms with Crippen molar-refractivity contribution in [3.63, 3.8) is 0 Å². The average molecular weight is 330 g/mol. The van der Waals surface area contributed by atoms with Crippen LogP contribution >= 0.6 is 0 Å². The van der Waals surface area contributed by atoms with Crippen molar-refractivity contribution in [1.29, 1.82) is 0 Å². The first-order valence-electron chi connectivity index (χ1n) is 7.47. The fourth-order valence-corrected chi connectivity index (χ4v) is 2.89. The smallest absolute Gasteiger partial charge is 0.337 e. The maximum Gasteiger partial charge on any atom is 0.337 e. The van der Waals surface area contributed by atoms with E-state index in [0.29, 0.717) is 35.0 Å². The maximum absolute atomic E-state index is 12.6. The minimum Gasteiger partial charge on any atom is -0.465 e. The van der Waals surface area contributed by atoms with Gasteiger partial charge in [-0.2, -0.15) is 0 Å². The van der Waals surface area contributed by atoms with Crippen molar-refractivity contribution in [1.82, 2.24) is 9.13 Å². The van der Waals surface area contributed by atoms with E-state index in [9.17, 15) is 14.4 Å². The molecule has 1 aliphatic rings. The monoisotopic (exact) mass is 330 g/mol. The second kappa shape index (κ2) is 5.55. The molecule has 0 amide bonds. The molecule has 1 aromatic carbocycles. The lowest BCUT2D eigenvalue weighted by Crippen LogP contribution is -2.42. The van der Waals surface area contributed by atoms with E-state index < -0.39 is 17.2 Å². The normalized spacial score (nSPS) is 12.2. The van der Waals surface area contributed by atoms with E-state index >= 15 is 0 Å². The standard InChI is InChI=1S/C16H18N4O4/c1-5-20-11-8-9(15(22)24-4)6-7-10(11)17-13-12(20)14(21)19(3)16(23)18(13)2/h6-8,17H,5H2,1-4H3. The van der Waals surface area contributed by atoms with Gasteiger partial charge in [-0.15, -0.1) is 0 Å². The van der Waals surface area contributed by atoms with Crippen LogP contribution in [0, 0.1) is 0 Å². The lowest BCUT2D eigenvalue weighted by molar-refractivity contribution is 0.0601. The molecule has 0 saturated heterocycles. The molecule has 0 atom stereocenters. The summed E-state index contributed by atoms with van der Waals surface area (Å²) in [5, 5.41) is 3.12. The fraction of sp³-hybridized carbons (Fsp3) is 0.312. The molecular weight excluding hydrogens is 312 g/mol. The van der Waals surface area contributed by atoms with Gasteiger partial charge < -0.3 is 15.0 Å². The Kier molecular flexibility index (Phi) is 3.67. The molecule has 0 fully saturated rings. The summed E-state index contributed by atoms with van der Waals surface area (Å²) in [5.74, 6) is -0.0173. The number of fused-ring (bicyclic) bond motifs is 2. The van der Waals surface area contributed by atoms with E-state index in [1.807, 2.05) is 6.92 Å². The number of anilines is 4. The van der Waals surface area contributed by atoms with Gasteiger partial charge in [0.2, 0.25) is 0 Å². The van der Waals surface area contributed by atoms with Crippen molar-refractivity contribution < 1.29 is 9.53 Å². The number of carbonyl (C=O) groups excluding carboxylic acids is 1. The summed E-state index contributed by atoms with van der Waals surface area (Å²) in [6.45, 7) is 2.40. The lowest BCUT2D eigenvalue weighted by atomic mass is 10.1. The summed E-state index contributed by atoms with van der Waals surface area (Å²) >= 11 is 0. The average Bonchev–Trinajstić information content (AvgIpc) is 2.61. The zero-order valence-electron chi connectivity index (χ0n) is 13.9. The van der Waals surface area contributed by atoms with Crippen molar-refractivity contribution in [3.05, 3.63) is 44.6 Å². The number of methoxy groups -OCH3 is 1. The lowest BCUT2D eigenvalue weighted by Gasteiger charge is -2.33. The number of benzene rings is 1. The van der Waals surface area contributed by atoms with Gasteiger partial charge in [0.15, 0.2) is 0 Å². The summed E-state index contributed by atoms with van der Waals surface area (Å²) in [4.78, 5) is 38.3. The molecule has 1 N–H and O–H groups in total. The third kappa shape index (κ3) is 2.10. The van der Waals surface area contributed by atoms with Crippen LogP contribution < -0.4 is 21.5 Å². The Bertz CT molecular complexity index is 958. The molecule has 3 rings (SSSR count). The van der Waals surface area contributed by atoms with Gasteiger partial charge in [-0.05, 0) is 25.1 Å². The highest BCUT2D eigenvalue weighted by Crippen LogP contribution is 2.41. The molecule has 8 heteroatoms. The Hall–Kier alpha value is -3.03. The molecule has 0 radical (unpaired) electrons. The van der Waals surface area contributed by atoms with Gasteiger partial charge in [0.1, 0.15) is 11.5 Å². The van der Waals surface area contributed by atoms with Gasteiger partial charge in [-0.3, -0.25) is 13.9 Å². The summed E-state index contributed by atoms with van der Waals surface area (Å²) in [6, 6.07) is 5.04. The number of nitrogens with zero attached hydrogens (tertiary/aromatic N) is 3. The second-order valence-corrected chi connectivity index (χ2v) is 5.50. The van der Waals surface area contributed by atoms with Gasteiger partial charge in [0, 0.05) is 20.6 Å². The van der Waals surface area contributed by atoms with Crippen molar-refractivity contribution in [3.8, 4) is 0 Å². The van der Waals surface area contributed by atoms with Crippen LogP contribution in [0.2, 0.25) is 0 Å². The van der Waals surface area contributed by atoms with E-state index in [-0.39, 0.29) is 0 Å². The molecule has 0 unspecified atom stereocenters. The molecule has 0 saturated carbocycles. The van der Waals surface area contributed by atoms with E-state index in [2.05, 4.69) is 5.32 Å². The molecule has 2 aromatic rings. The van der Waals surface area contributed by atoms with Gasteiger partial charge >= 0.3 is 11.7 Å². The number of ether oxygens (including phenoxy) is 1. The van der Waals surface area contributed by atoms with E-state index in [4.69, 9.17) is 4.74 Å². The number of rotatable bonds is 2. The second-order valence-electron chi connectivity index (χ2n) is 5.50. The molecular formula is C16H18N4O4. The number of hydrogen-bond donors (Lipinski definition) is 1. The topological polar surface area (TPSA) is 85.6 Å². The molecule has 1 aliphatic heterocycles. The van der Waals surface area contributed by atoms with E-state index in [1.54, 1.807) is 30.1 Å². The summed E-state index contributed by atoms with van der Waals surface area (Å²) in [6.07, 6.45) is 0. The maximum atomic E-state index is 12.6. The molecule has 0 aliphatic carbocycles. The van der Waals surface area contributed by atoms with Gasteiger partial charge in [-0.1, -0.05) is 0 Å². The third-order valence-electron chi connectivity index (χ3n) is 4.19. The van der Waals surface area contributed by atoms with Crippen LogP contribution in [0.3, 0.4) is 0 Å². The molecule has 0 bridgehead atoms. The van der Waals surface area contributed by atoms with Crippen molar-refractivity contribution in [2.45, 2.75) is 6.92 Å². The SMILES string of the molecule is CCN1c2cc(C(=O)OC)ccc2Nc2c1c(=O)n(C)c(=O)n2C. The Morgan fingerprint density at radius 2 is 1.92 bits per heavy atom. The Morgan fingerprint density at radius 1 is 1.21 bits per heavy atom. The highest BCUT2D eigenvalue weighted by atomic mass is 16.5. The molecule has 1 aromatic heterocycles. The third-order valence-corrected chi connectivity index (χ3v) is 4.19. The predicted molar refractivity (Wildman–Crippen MR) is 90.7 cm³/mol. The number of nitrogens with one attached hydrogen (secondary N) is 1. The van der Waals surface area contributed by atoms with Crippen LogP contribution in [0.5, 0.6) is 0 Å². The summed E-state index contributed by atoms with van der Waals surface area (Å²) in [7, 11) is 4.37. The molecule has 24 heavy (non-hydrogen) atoms. The van der Waals surface area contributed by atoms with Crippen LogP contribution in [-0.2, 0) is 18.8 Å². The van der Waals surface area contributed by atoms with Crippen molar-refractivity contribution >= 4 is 28.8 Å². The zero-order valence-corrected chi connectivity index (χ0v) is 13.9. The van der Waals surface area contributed by atoms with E-state index in [1.165, 1.54) is 18.7 Å². The van der Waals surface area contributed by atoms with Gasteiger partial charge in [0.25, 0.3) is 5.56 Å². The van der Waals surface area contributed by atoms with Crippen LogP contribution in [0.15, 0.2) is 27.8 Å². The number of hydrogen-bond acceptors (Lipinski definition) is 6. The van der Waals surface area contributed by atoms with E-state index in [0.717, 1.165) is 4.57 Å². The highest BCUT2D eigenvalue weighted by Gasteiger charge is 2.28. The van der Waals surface area contributed by atoms with Crippen LogP contribution in [0.4, 0.5) is 22.9 Å². The molecule has 8 nitrogen and oxygen atoms in total. The summed E-state index contributed by atoms with van der Waals surface area (Å²) in [5.41, 5.74) is 1.36.